The number of hydrogen-bond donors (Lipinski definition) is 2. The number of likely N-dealkylation sites (tertiary alicyclic amines) is 1. The topological polar surface area (TPSA) is 66.3 Å². The van der Waals surface area contributed by atoms with Crippen molar-refractivity contribution in [2.24, 2.45) is 10.9 Å². The lowest BCUT2D eigenvalue weighted by atomic mass is 10.1. The van der Waals surface area contributed by atoms with Gasteiger partial charge in [-0.1, -0.05) is 0 Å². The van der Waals surface area contributed by atoms with Crippen LogP contribution in [0.1, 0.15) is 18.9 Å². The maximum atomic E-state index is 9.96. The van der Waals surface area contributed by atoms with Gasteiger partial charge in [-0.2, -0.15) is 0 Å². The molecule has 0 amide bonds. The molecule has 1 fully saturated rings. The number of nitrogens with zero attached hydrogens (tertiary/aromatic N) is 2. The molecule has 0 bridgehead atoms. The summed E-state index contributed by atoms with van der Waals surface area (Å²) in [5, 5.41) is 13.3. The number of guanidine groups is 1. The average Bonchev–Trinajstić information content (AvgIpc) is 3.04. The van der Waals surface area contributed by atoms with Crippen LogP contribution in [0.3, 0.4) is 0 Å². The molecule has 1 heterocycles. The molecule has 0 saturated carbocycles. The number of aliphatic imine (C=N–C) groups is 1. The molecule has 7 heteroatoms. The molecule has 1 atom stereocenters. The van der Waals surface area contributed by atoms with E-state index in [1.807, 2.05) is 13.0 Å². The summed E-state index contributed by atoms with van der Waals surface area (Å²) in [6.07, 6.45) is 1.12. The second-order valence-corrected chi connectivity index (χ2v) is 5.66. The highest BCUT2D eigenvalue weighted by atomic mass is 127. The van der Waals surface area contributed by atoms with E-state index in [4.69, 9.17) is 9.47 Å². The predicted octanol–water partition coefficient (Wildman–Crippen LogP) is 2.45. The second-order valence-electron chi connectivity index (χ2n) is 5.66. The third-order valence-electron chi connectivity index (χ3n) is 4.08. The van der Waals surface area contributed by atoms with Gasteiger partial charge in [-0.05, 0) is 31.5 Å². The van der Waals surface area contributed by atoms with Crippen LogP contribution >= 0.6 is 24.0 Å². The lowest BCUT2D eigenvalue weighted by molar-refractivity contribution is 0.114. The third-order valence-corrected chi connectivity index (χ3v) is 4.08. The minimum absolute atomic E-state index is 0. The minimum Gasteiger partial charge on any atom is -0.508 e. The highest BCUT2D eigenvalue weighted by Gasteiger charge is 2.24. The van der Waals surface area contributed by atoms with Crippen LogP contribution in [-0.2, 0) is 11.3 Å². The van der Waals surface area contributed by atoms with Crippen molar-refractivity contribution in [1.82, 2.24) is 10.2 Å². The Bertz CT molecular complexity index is 540. The van der Waals surface area contributed by atoms with Crippen LogP contribution in [0.5, 0.6) is 11.5 Å². The van der Waals surface area contributed by atoms with Gasteiger partial charge in [-0.3, -0.25) is 4.99 Å². The SMILES string of the molecule is CCOCC1CCN(C(=NC)NCc2cc(OC)ccc2O)C1.I. The Kier molecular flexibility index (Phi) is 9.20. The van der Waals surface area contributed by atoms with Gasteiger partial charge in [0.15, 0.2) is 5.96 Å². The van der Waals surface area contributed by atoms with Gasteiger partial charge in [-0.25, -0.2) is 0 Å². The third kappa shape index (κ3) is 5.70. The summed E-state index contributed by atoms with van der Waals surface area (Å²) in [4.78, 5) is 6.59. The number of benzene rings is 1. The fourth-order valence-electron chi connectivity index (χ4n) is 2.78. The molecule has 0 spiro atoms. The summed E-state index contributed by atoms with van der Waals surface area (Å²) in [5.74, 6) is 2.39. The van der Waals surface area contributed by atoms with Crippen molar-refractivity contribution >= 4 is 29.9 Å². The molecule has 1 saturated heterocycles. The van der Waals surface area contributed by atoms with Gasteiger partial charge in [0.05, 0.1) is 13.7 Å². The van der Waals surface area contributed by atoms with Gasteiger partial charge < -0.3 is 24.8 Å². The molecule has 24 heavy (non-hydrogen) atoms. The molecule has 1 aliphatic heterocycles. The van der Waals surface area contributed by atoms with Gasteiger partial charge in [0.1, 0.15) is 11.5 Å². The molecule has 1 aliphatic rings. The van der Waals surface area contributed by atoms with Crippen molar-refractivity contribution in [3.63, 3.8) is 0 Å². The Morgan fingerprint density at radius 1 is 1.46 bits per heavy atom. The fourth-order valence-corrected chi connectivity index (χ4v) is 2.78. The number of phenols is 1. The van der Waals surface area contributed by atoms with E-state index in [1.165, 1.54) is 0 Å². The lowest BCUT2D eigenvalue weighted by Gasteiger charge is -2.22. The number of hydrogen-bond acceptors (Lipinski definition) is 4. The lowest BCUT2D eigenvalue weighted by Crippen LogP contribution is -2.39. The Hall–Kier alpha value is -1.22. The number of phenolic OH excluding ortho intramolecular Hbond substituents is 1. The van der Waals surface area contributed by atoms with Crippen molar-refractivity contribution in [3.8, 4) is 11.5 Å². The van der Waals surface area contributed by atoms with E-state index in [0.29, 0.717) is 12.5 Å². The maximum absolute atomic E-state index is 9.96. The standard InChI is InChI=1S/C17H27N3O3.HI/c1-4-23-12-13-7-8-20(11-13)17(18-2)19-10-14-9-15(22-3)5-6-16(14)21;/h5-6,9,13,21H,4,7-8,10-12H2,1-3H3,(H,18,19);1H. The van der Waals surface area contributed by atoms with E-state index in [2.05, 4.69) is 15.2 Å². The van der Waals surface area contributed by atoms with Gasteiger partial charge in [0, 0.05) is 44.8 Å². The van der Waals surface area contributed by atoms with Crippen molar-refractivity contribution < 1.29 is 14.6 Å². The predicted molar refractivity (Wildman–Crippen MR) is 106 cm³/mol. The van der Waals surface area contributed by atoms with Crippen LogP contribution in [0.4, 0.5) is 0 Å². The van der Waals surface area contributed by atoms with Crippen LogP contribution in [0, 0.1) is 5.92 Å². The molecule has 0 aromatic heterocycles. The molecule has 0 radical (unpaired) electrons. The number of rotatable bonds is 6. The molecule has 1 unspecified atom stereocenters. The van der Waals surface area contributed by atoms with Crippen LogP contribution < -0.4 is 10.1 Å². The molecule has 1 aromatic carbocycles. The highest BCUT2D eigenvalue weighted by Crippen LogP contribution is 2.23. The zero-order valence-corrected chi connectivity index (χ0v) is 16.9. The van der Waals surface area contributed by atoms with Gasteiger partial charge in [0.2, 0.25) is 0 Å². The van der Waals surface area contributed by atoms with Crippen molar-refractivity contribution in [3.05, 3.63) is 23.8 Å². The monoisotopic (exact) mass is 449 g/mol. The Morgan fingerprint density at radius 2 is 2.25 bits per heavy atom. The van der Waals surface area contributed by atoms with E-state index in [1.54, 1.807) is 26.3 Å². The number of nitrogens with one attached hydrogen (secondary N) is 1. The van der Waals surface area contributed by atoms with E-state index in [9.17, 15) is 5.11 Å². The van der Waals surface area contributed by atoms with Gasteiger partial charge >= 0.3 is 0 Å². The van der Waals surface area contributed by atoms with Crippen LogP contribution in [0.15, 0.2) is 23.2 Å². The molecule has 2 rings (SSSR count). The first-order valence-corrected chi connectivity index (χ1v) is 8.07. The summed E-state index contributed by atoms with van der Waals surface area (Å²) >= 11 is 0. The smallest absolute Gasteiger partial charge is 0.193 e. The molecule has 2 N–H and O–H groups in total. The van der Waals surface area contributed by atoms with Crippen molar-refractivity contribution in [2.45, 2.75) is 19.9 Å². The number of ether oxygens (including phenoxy) is 2. The molecule has 6 nitrogen and oxygen atoms in total. The van der Waals surface area contributed by atoms with Crippen LogP contribution in [0.25, 0.3) is 0 Å². The molecule has 1 aromatic rings. The zero-order chi connectivity index (χ0) is 16.7. The van der Waals surface area contributed by atoms with E-state index in [0.717, 1.165) is 50.0 Å². The van der Waals surface area contributed by atoms with Crippen molar-refractivity contribution in [2.75, 3.05) is 40.5 Å². The van der Waals surface area contributed by atoms with Gasteiger partial charge in [-0.15, -0.1) is 24.0 Å². The quantitative estimate of drug-likeness (QED) is 0.397. The molecular formula is C17H28IN3O3. The van der Waals surface area contributed by atoms with E-state index >= 15 is 0 Å². The molecule has 136 valence electrons. The number of aromatic hydroxyl groups is 1. The van der Waals surface area contributed by atoms with Crippen LogP contribution in [-0.4, -0.2) is 56.4 Å². The van der Waals surface area contributed by atoms with Gasteiger partial charge in [0.25, 0.3) is 0 Å². The van der Waals surface area contributed by atoms with E-state index in [-0.39, 0.29) is 29.7 Å². The Balaban J connectivity index is 0.00000288. The van der Waals surface area contributed by atoms with E-state index < -0.39 is 0 Å². The summed E-state index contributed by atoms with van der Waals surface area (Å²) in [5.41, 5.74) is 0.788. The zero-order valence-electron chi connectivity index (χ0n) is 14.6. The minimum atomic E-state index is 0. The number of methoxy groups -OCH3 is 1. The Labute approximate surface area is 161 Å². The summed E-state index contributed by atoms with van der Waals surface area (Å²) in [6.45, 7) is 6.01. The second kappa shape index (κ2) is 10.6. The summed E-state index contributed by atoms with van der Waals surface area (Å²) < 4.78 is 10.7. The molecule has 0 aliphatic carbocycles. The number of halogens is 1. The van der Waals surface area contributed by atoms with Crippen molar-refractivity contribution in [1.29, 1.82) is 0 Å². The largest absolute Gasteiger partial charge is 0.508 e. The first kappa shape index (κ1) is 20.8. The first-order valence-electron chi connectivity index (χ1n) is 8.07. The maximum Gasteiger partial charge on any atom is 0.193 e. The summed E-state index contributed by atoms with van der Waals surface area (Å²) in [6, 6.07) is 5.22. The Morgan fingerprint density at radius 3 is 2.92 bits per heavy atom. The highest BCUT2D eigenvalue weighted by molar-refractivity contribution is 14.0. The average molecular weight is 449 g/mol. The van der Waals surface area contributed by atoms with Crippen LogP contribution in [0.2, 0.25) is 0 Å². The fraction of sp³-hybridized carbons (Fsp3) is 0.588. The normalized spacial score (nSPS) is 17.5. The molecular weight excluding hydrogens is 421 g/mol. The first-order chi connectivity index (χ1) is 11.2. The summed E-state index contributed by atoms with van der Waals surface area (Å²) in [7, 11) is 3.40.